The molecule has 214 valence electrons. The van der Waals surface area contributed by atoms with E-state index in [9.17, 15) is 18.0 Å². The van der Waals surface area contributed by atoms with Gasteiger partial charge in [0.15, 0.2) is 0 Å². The minimum Gasteiger partial charge on any atom is -0.494 e. The van der Waals surface area contributed by atoms with Crippen LogP contribution in [0.4, 0.5) is 5.69 Å². The lowest BCUT2D eigenvalue weighted by Gasteiger charge is -2.32. The zero-order valence-electron chi connectivity index (χ0n) is 22.2. The summed E-state index contributed by atoms with van der Waals surface area (Å²) in [6, 6.07) is 16.5. The first kappa shape index (κ1) is 31.7. The molecule has 0 fully saturated rings. The Hall–Kier alpha value is -2.79. The molecule has 0 aliphatic carbocycles. The first-order valence-corrected chi connectivity index (χ1v) is 15.5. The Morgan fingerprint density at radius 1 is 1.00 bits per heavy atom. The van der Waals surface area contributed by atoms with Crippen LogP contribution in [-0.4, -0.2) is 50.9 Å². The van der Waals surface area contributed by atoms with Gasteiger partial charge in [-0.1, -0.05) is 45.2 Å². The maximum atomic E-state index is 13.9. The lowest BCUT2D eigenvalue weighted by atomic mass is 10.1. The number of carbonyl (C=O) groups excluding carboxylic acids is 2. The van der Waals surface area contributed by atoms with Gasteiger partial charge in [-0.05, 0) is 87.0 Å². The summed E-state index contributed by atoms with van der Waals surface area (Å²) >= 11 is 15.7. The van der Waals surface area contributed by atoms with Crippen molar-refractivity contribution in [3.05, 3.63) is 86.8 Å². The predicted octanol–water partition coefficient (Wildman–Crippen LogP) is 5.90. The highest BCUT2D eigenvalue weighted by molar-refractivity contribution is 9.10. The van der Waals surface area contributed by atoms with Gasteiger partial charge in [0, 0.05) is 27.6 Å². The van der Waals surface area contributed by atoms with Crippen LogP contribution in [0.5, 0.6) is 5.75 Å². The summed E-state index contributed by atoms with van der Waals surface area (Å²) in [6.07, 6.45) is 0. The monoisotopic (exact) mass is 669 g/mol. The van der Waals surface area contributed by atoms with Gasteiger partial charge in [0.25, 0.3) is 10.0 Å². The van der Waals surface area contributed by atoms with Crippen LogP contribution in [0.2, 0.25) is 10.0 Å². The number of ether oxygens (including phenoxy) is 1. The van der Waals surface area contributed by atoms with Crippen LogP contribution in [-0.2, 0) is 26.2 Å². The highest BCUT2D eigenvalue weighted by Gasteiger charge is 2.32. The number of amides is 2. The molecule has 0 radical (unpaired) electrons. The largest absolute Gasteiger partial charge is 0.494 e. The predicted molar refractivity (Wildman–Crippen MR) is 161 cm³/mol. The number of carbonyl (C=O) groups is 2. The summed E-state index contributed by atoms with van der Waals surface area (Å²) in [5, 5.41) is 3.46. The fourth-order valence-electron chi connectivity index (χ4n) is 3.88. The summed E-state index contributed by atoms with van der Waals surface area (Å²) in [5.41, 5.74) is 0.814. The number of hydrogen-bond donors (Lipinski definition) is 1. The number of nitrogens with one attached hydrogen (secondary N) is 1. The number of hydrogen-bond acceptors (Lipinski definition) is 5. The van der Waals surface area contributed by atoms with Gasteiger partial charge in [-0.3, -0.25) is 13.9 Å². The number of nitrogens with zero attached hydrogens (tertiary/aromatic N) is 2. The van der Waals surface area contributed by atoms with Crippen molar-refractivity contribution in [2.75, 3.05) is 24.0 Å². The van der Waals surface area contributed by atoms with Crippen LogP contribution >= 0.6 is 39.1 Å². The maximum absolute atomic E-state index is 13.9. The Morgan fingerprint density at radius 2 is 1.65 bits per heavy atom. The van der Waals surface area contributed by atoms with Crippen molar-refractivity contribution in [3.63, 3.8) is 0 Å². The third-order valence-corrected chi connectivity index (χ3v) is 8.89. The second-order valence-corrected chi connectivity index (χ2v) is 12.3. The Labute approximate surface area is 253 Å². The van der Waals surface area contributed by atoms with Gasteiger partial charge in [-0.2, -0.15) is 0 Å². The molecule has 0 aliphatic rings. The van der Waals surface area contributed by atoms with E-state index in [1.807, 2.05) is 6.92 Å². The van der Waals surface area contributed by atoms with Crippen LogP contribution < -0.4 is 14.4 Å². The fourth-order valence-corrected chi connectivity index (χ4v) is 6.02. The van der Waals surface area contributed by atoms with Crippen molar-refractivity contribution in [3.8, 4) is 5.75 Å². The molecule has 40 heavy (non-hydrogen) atoms. The summed E-state index contributed by atoms with van der Waals surface area (Å²) in [6.45, 7) is 5.39. The van der Waals surface area contributed by atoms with Gasteiger partial charge in [0.1, 0.15) is 18.3 Å². The molecule has 1 atom stereocenters. The molecule has 12 heteroatoms. The molecule has 3 rings (SSSR count). The zero-order valence-corrected chi connectivity index (χ0v) is 26.1. The Balaban J connectivity index is 2.05. The third-order valence-electron chi connectivity index (χ3n) is 5.99. The fraction of sp³-hybridized carbons (Fsp3) is 0.286. The van der Waals surface area contributed by atoms with Crippen molar-refractivity contribution in [2.45, 2.75) is 38.3 Å². The molecule has 0 aromatic heterocycles. The molecule has 0 bridgehead atoms. The zero-order chi connectivity index (χ0) is 29.4. The van der Waals surface area contributed by atoms with Crippen LogP contribution in [0.3, 0.4) is 0 Å². The Morgan fingerprint density at radius 3 is 2.23 bits per heavy atom. The van der Waals surface area contributed by atoms with Crippen molar-refractivity contribution in [1.29, 1.82) is 0 Å². The number of benzene rings is 3. The number of halogens is 3. The van der Waals surface area contributed by atoms with Gasteiger partial charge in [0.2, 0.25) is 11.8 Å². The molecule has 3 aromatic rings. The molecule has 2 amide bonds. The van der Waals surface area contributed by atoms with Gasteiger partial charge in [0.05, 0.1) is 17.2 Å². The van der Waals surface area contributed by atoms with Gasteiger partial charge >= 0.3 is 0 Å². The topological polar surface area (TPSA) is 96.0 Å². The number of likely N-dealkylation sites (N-methyl/N-ethyl adjacent to an activating group) is 1. The number of anilines is 1. The van der Waals surface area contributed by atoms with Crippen molar-refractivity contribution in [1.82, 2.24) is 10.2 Å². The normalized spacial score (nSPS) is 11.9. The third kappa shape index (κ3) is 7.90. The molecule has 1 N–H and O–H groups in total. The van der Waals surface area contributed by atoms with E-state index in [0.717, 1.165) is 4.31 Å². The lowest BCUT2D eigenvalue weighted by molar-refractivity contribution is -0.139. The molecule has 0 heterocycles. The van der Waals surface area contributed by atoms with Crippen LogP contribution in [0.1, 0.15) is 26.3 Å². The standard InChI is InChI=1S/C28H30BrCl2N3O5S/c1-4-32-28(36)19(3)33(17-20-6-9-22(30)16-26(20)31)27(35)18-34(23-10-12-24(13-11-23)39-5-2)40(37,38)25-14-7-21(29)8-15-25/h6-16,19H,4-5,17-18H2,1-3H3,(H,32,36)/t19-/m1/s1. The van der Waals surface area contributed by atoms with Crippen LogP contribution in [0.25, 0.3) is 0 Å². The molecule has 0 saturated carbocycles. The Kier molecular flexibility index (Phi) is 11.3. The highest BCUT2D eigenvalue weighted by atomic mass is 79.9. The average Bonchev–Trinajstić information content (AvgIpc) is 2.92. The van der Waals surface area contributed by atoms with Crippen molar-refractivity contribution in [2.24, 2.45) is 0 Å². The van der Waals surface area contributed by atoms with E-state index in [4.69, 9.17) is 27.9 Å². The molecule has 0 saturated heterocycles. The molecule has 8 nitrogen and oxygen atoms in total. The quantitative estimate of drug-likeness (QED) is 0.259. The first-order valence-electron chi connectivity index (χ1n) is 12.5. The molecule has 0 aliphatic heterocycles. The summed E-state index contributed by atoms with van der Waals surface area (Å²) in [5.74, 6) is -0.425. The van der Waals surface area contributed by atoms with E-state index in [1.54, 1.807) is 68.4 Å². The summed E-state index contributed by atoms with van der Waals surface area (Å²) < 4.78 is 34.9. The van der Waals surface area contributed by atoms with Gasteiger partial charge in [-0.25, -0.2) is 8.42 Å². The SMILES string of the molecule is CCNC(=O)[C@@H](C)N(Cc1ccc(Cl)cc1Cl)C(=O)CN(c1ccc(OCC)cc1)S(=O)(=O)c1ccc(Br)cc1. The summed E-state index contributed by atoms with van der Waals surface area (Å²) in [7, 11) is -4.19. The van der Waals surface area contributed by atoms with Crippen LogP contribution in [0.15, 0.2) is 76.1 Å². The van der Waals surface area contributed by atoms with Crippen molar-refractivity contribution >= 4 is 66.7 Å². The molecule has 3 aromatic carbocycles. The van der Waals surface area contributed by atoms with Crippen LogP contribution in [0, 0.1) is 0 Å². The van der Waals surface area contributed by atoms with E-state index in [1.165, 1.54) is 17.0 Å². The lowest BCUT2D eigenvalue weighted by Crippen LogP contribution is -2.51. The molecule has 0 spiro atoms. The maximum Gasteiger partial charge on any atom is 0.264 e. The van der Waals surface area contributed by atoms with Crippen molar-refractivity contribution < 1.29 is 22.7 Å². The Bertz CT molecular complexity index is 1440. The first-order chi connectivity index (χ1) is 19.0. The van der Waals surface area contributed by atoms with E-state index in [2.05, 4.69) is 21.2 Å². The second kappa shape index (κ2) is 14.2. The minimum atomic E-state index is -4.19. The second-order valence-electron chi connectivity index (χ2n) is 8.72. The number of rotatable bonds is 12. The van der Waals surface area contributed by atoms with E-state index < -0.39 is 28.5 Å². The highest BCUT2D eigenvalue weighted by Crippen LogP contribution is 2.28. The van der Waals surface area contributed by atoms with E-state index in [-0.39, 0.29) is 23.0 Å². The smallest absolute Gasteiger partial charge is 0.264 e. The average molecular weight is 671 g/mol. The van der Waals surface area contributed by atoms with E-state index >= 15 is 0 Å². The summed E-state index contributed by atoms with van der Waals surface area (Å²) in [4.78, 5) is 28.0. The molecular weight excluding hydrogens is 641 g/mol. The molecule has 0 unspecified atom stereocenters. The minimum absolute atomic E-state index is 0.00135. The van der Waals surface area contributed by atoms with E-state index in [0.29, 0.717) is 39.0 Å². The van der Waals surface area contributed by atoms with Gasteiger partial charge < -0.3 is 15.0 Å². The number of sulfonamides is 1. The van der Waals surface area contributed by atoms with Gasteiger partial charge in [-0.15, -0.1) is 0 Å². The molecular formula is C28H30BrCl2N3O5S.